The third kappa shape index (κ3) is 4.02. The van der Waals surface area contributed by atoms with Crippen molar-refractivity contribution in [2.45, 2.75) is 45.7 Å². The van der Waals surface area contributed by atoms with E-state index in [9.17, 15) is 0 Å². The largest absolute Gasteiger partial charge is 0.374 e. The summed E-state index contributed by atoms with van der Waals surface area (Å²) in [5, 5.41) is 3.61. The number of nitrogens with one attached hydrogen (secondary N) is 1. The fourth-order valence-electron chi connectivity index (χ4n) is 2.15. The standard InChI is InChI=1S/C16H26N2/c1-13(2)10-11-18(3)16-7-5-4-6-14(16)12-17-15-8-9-15/h4-7,13,15,17H,8-12H2,1-3H3. The zero-order valence-corrected chi connectivity index (χ0v) is 11.9. The molecule has 1 aromatic carbocycles. The molecular weight excluding hydrogens is 220 g/mol. The number of benzene rings is 1. The topological polar surface area (TPSA) is 15.3 Å². The van der Waals surface area contributed by atoms with E-state index in [2.05, 4.69) is 55.4 Å². The summed E-state index contributed by atoms with van der Waals surface area (Å²) >= 11 is 0. The van der Waals surface area contributed by atoms with Crippen LogP contribution >= 0.6 is 0 Å². The van der Waals surface area contributed by atoms with E-state index >= 15 is 0 Å². The van der Waals surface area contributed by atoms with E-state index in [4.69, 9.17) is 0 Å². The number of rotatable bonds is 7. The molecular formula is C16H26N2. The molecule has 0 heterocycles. The SMILES string of the molecule is CC(C)CCN(C)c1ccccc1CNC1CC1. The highest BCUT2D eigenvalue weighted by atomic mass is 15.1. The van der Waals surface area contributed by atoms with Crippen LogP contribution in [0.1, 0.15) is 38.7 Å². The normalized spacial score (nSPS) is 15.1. The first-order chi connectivity index (χ1) is 8.66. The van der Waals surface area contributed by atoms with Crippen LogP contribution in [0.2, 0.25) is 0 Å². The van der Waals surface area contributed by atoms with E-state index in [1.807, 2.05) is 0 Å². The number of hydrogen-bond donors (Lipinski definition) is 1. The minimum absolute atomic E-state index is 0.768. The molecule has 1 saturated carbocycles. The Morgan fingerprint density at radius 3 is 2.67 bits per heavy atom. The van der Waals surface area contributed by atoms with Gasteiger partial charge < -0.3 is 10.2 Å². The molecule has 0 aliphatic heterocycles. The average molecular weight is 246 g/mol. The van der Waals surface area contributed by atoms with E-state index in [1.165, 1.54) is 30.5 Å². The van der Waals surface area contributed by atoms with Crippen LogP contribution in [-0.2, 0) is 6.54 Å². The smallest absolute Gasteiger partial charge is 0.0409 e. The number of anilines is 1. The molecule has 18 heavy (non-hydrogen) atoms. The molecule has 100 valence electrons. The molecule has 0 unspecified atom stereocenters. The summed E-state index contributed by atoms with van der Waals surface area (Å²) in [5.74, 6) is 0.768. The average Bonchev–Trinajstić information content (AvgIpc) is 3.18. The number of nitrogens with zero attached hydrogens (tertiary/aromatic N) is 1. The van der Waals surface area contributed by atoms with E-state index < -0.39 is 0 Å². The van der Waals surface area contributed by atoms with Gasteiger partial charge in [0.05, 0.1) is 0 Å². The maximum Gasteiger partial charge on any atom is 0.0409 e. The second-order valence-electron chi connectivity index (χ2n) is 5.89. The van der Waals surface area contributed by atoms with Crippen LogP contribution in [0.4, 0.5) is 5.69 Å². The first kappa shape index (κ1) is 13.4. The Hall–Kier alpha value is -1.02. The van der Waals surface area contributed by atoms with Crippen LogP contribution in [0.5, 0.6) is 0 Å². The molecule has 0 atom stereocenters. The lowest BCUT2D eigenvalue weighted by Gasteiger charge is -2.23. The van der Waals surface area contributed by atoms with Gasteiger partial charge in [-0.3, -0.25) is 0 Å². The van der Waals surface area contributed by atoms with E-state index in [0.717, 1.165) is 25.0 Å². The van der Waals surface area contributed by atoms with Gasteiger partial charge in [-0.2, -0.15) is 0 Å². The lowest BCUT2D eigenvalue weighted by atomic mass is 10.1. The minimum Gasteiger partial charge on any atom is -0.374 e. The second-order valence-corrected chi connectivity index (χ2v) is 5.89. The van der Waals surface area contributed by atoms with Crippen molar-refractivity contribution in [3.63, 3.8) is 0 Å². The summed E-state index contributed by atoms with van der Waals surface area (Å²) in [6, 6.07) is 9.55. The minimum atomic E-state index is 0.768. The third-order valence-corrected chi connectivity index (χ3v) is 3.60. The molecule has 1 aromatic rings. The molecule has 1 fully saturated rings. The molecule has 1 aliphatic rings. The Labute approximate surface area is 111 Å². The lowest BCUT2D eigenvalue weighted by molar-refractivity contribution is 0.584. The van der Waals surface area contributed by atoms with Crippen LogP contribution in [0.3, 0.4) is 0 Å². The molecule has 0 aromatic heterocycles. The van der Waals surface area contributed by atoms with Gasteiger partial charge in [0.15, 0.2) is 0 Å². The monoisotopic (exact) mass is 246 g/mol. The van der Waals surface area contributed by atoms with Gasteiger partial charge in [-0.1, -0.05) is 32.0 Å². The van der Waals surface area contributed by atoms with E-state index in [1.54, 1.807) is 0 Å². The predicted octanol–water partition coefficient (Wildman–Crippen LogP) is 3.42. The van der Waals surface area contributed by atoms with Crippen molar-refractivity contribution in [1.29, 1.82) is 0 Å². The Bertz CT molecular complexity index is 369. The summed E-state index contributed by atoms with van der Waals surface area (Å²) < 4.78 is 0. The third-order valence-electron chi connectivity index (χ3n) is 3.60. The van der Waals surface area contributed by atoms with Gasteiger partial charge in [0.1, 0.15) is 0 Å². The quantitative estimate of drug-likeness (QED) is 0.793. The van der Waals surface area contributed by atoms with Crippen LogP contribution < -0.4 is 10.2 Å². The van der Waals surface area contributed by atoms with Crippen molar-refractivity contribution in [3.05, 3.63) is 29.8 Å². The maximum atomic E-state index is 3.61. The Balaban J connectivity index is 1.95. The van der Waals surface area contributed by atoms with Crippen molar-refractivity contribution in [2.24, 2.45) is 5.92 Å². The molecule has 2 rings (SSSR count). The predicted molar refractivity (Wildman–Crippen MR) is 79.0 cm³/mol. The summed E-state index contributed by atoms with van der Waals surface area (Å²) in [6.45, 7) is 6.72. The first-order valence-electron chi connectivity index (χ1n) is 7.19. The Morgan fingerprint density at radius 1 is 1.28 bits per heavy atom. The maximum absolute atomic E-state index is 3.61. The van der Waals surface area contributed by atoms with Crippen LogP contribution in [0, 0.1) is 5.92 Å². The molecule has 0 radical (unpaired) electrons. The highest BCUT2D eigenvalue weighted by molar-refractivity contribution is 5.53. The van der Waals surface area contributed by atoms with Crippen molar-refractivity contribution < 1.29 is 0 Å². The highest BCUT2D eigenvalue weighted by Gasteiger charge is 2.20. The van der Waals surface area contributed by atoms with Crippen LogP contribution in [-0.4, -0.2) is 19.6 Å². The second kappa shape index (κ2) is 6.24. The molecule has 2 nitrogen and oxygen atoms in total. The van der Waals surface area contributed by atoms with Gasteiger partial charge >= 0.3 is 0 Å². The fraction of sp³-hybridized carbons (Fsp3) is 0.625. The molecule has 0 spiro atoms. The number of para-hydroxylation sites is 1. The lowest BCUT2D eigenvalue weighted by Crippen LogP contribution is -2.23. The van der Waals surface area contributed by atoms with Gasteiger partial charge in [0.2, 0.25) is 0 Å². The van der Waals surface area contributed by atoms with Gasteiger partial charge in [0, 0.05) is 31.9 Å². The zero-order valence-electron chi connectivity index (χ0n) is 11.9. The van der Waals surface area contributed by atoms with Crippen molar-refractivity contribution in [3.8, 4) is 0 Å². The van der Waals surface area contributed by atoms with Gasteiger partial charge in [-0.15, -0.1) is 0 Å². The number of hydrogen-bond acceptors (Lipinski definition) is 2. The molecule has 0 saturated heterocycles. The van der Waals surface area contributed by atoms with Gasteiger partial charge in [-0.05, 0) is 36.8 Å². The zero-order chi connectivity index (χ0) is 13.0. The summed E-state index contributed by atoms with van der Waals surface area (Å²) in [6.07, 6.45) is 3.96. The molecule has 2 heteroatoms. The van der Waals surface area contributed by atoms with E-state index in [0.29, 0.717) is 0 Å². The summed E-state index contributed by atoms with van der Waals surface area (Å²) in [7, 11) is 2.21. The Morgan fingerprint density at radius 2 is 2.00 bits per heavy atom. The van der Waals surface area contributed by atoms with Gasteiger partial charge in [0.25, 0.3) is 0 Å². The molecule has 1 aliphatic carbocycles. The molecule has 0 bridgehead atoms. The van der Waals surface area contributed by atoms with Crippen molar-refractivity contribution >= 4 is 5.69 Å². The molecule has 1 N–H and O–H groups in total. The van der Waals surface area contributed by atoms with Crippen LogP contribution in [0.25, 0.3) is 0 Å². The highest BCUT2D eigenvalue weighted by Crippen LogP contribution is 2.23. The van der Waals surface area contributed by atoms with Crippen molar-refractivity contribution in [1.82, 2.24) is 5.32 Å². The van der Waals surface area contributed by atoms with E-state index in [-0.39, 0.29) is 0 Å². The van der Waals surface area contributed by atoms with Crippen LogP contribution in [0.15, 0.2) is 24.3 Å². The summed E-state index contributed by atoms with van der Waals surface area (Å²) in [5.41, 5.74) is 2.81. The fourth-order valence-corrected chi connectivity index (χ4v) is 2.15. The van der Waals surface area contributed by atoms with Crippen molar-refractivity contribution in [2.75, 3.05) is 18.5 Å². The Kier molecular flexibility index (Phi) is 4.65. The van der Waals surface area contributed by atoms with Gasteiger partial charge in [-0.25, -0.2) is 0 Å². The molecule has 0 amide bonds. The first-order valence-corrected chi connectivity index (χ1v) is 7.19. The summed E-state index contributed by atoms with van der Waals surface area (Å²) in [4.78, 5) is 2.39.